The molecule has 0 radical (unpaired) electrons. The van der Waals surface area contributed by atoms with Crippen LogP contribution in [0.4, 0.5) is 27.8 Å². The number of H-pyrrole nitrogens is 1. The summed E-state index contributed by atoms with van der Waals surface area (Å²) in [6.07, 6.45) is -0.550. The third-order valence-corrected chi connectivity index (χ3v) is 8.44. The number of alkyl halides is 4. The first kappa shape index (κ1) is 24.8. The van der Waals surface area contributed by atoms with Crippen LogP contribution in [0.5, 0.6) is 0 Å². The van der Waals surface area contributed by atoms with Crippen molar-refractivity contribution in [2.75, 3.05) is 5.32 Å². The highest BCUT2D eigenvalue weighted by atomic mass is 19.4. The van der Waals surface area contributed by atoms with Crippen molar-refractivity contribution in [2.24, 2.45) is 23.7 Å². The van der Waals surface area contributed by atoms with Crippen LogP contribution in [0.1, 0.15) is 38.2 Å². The fourth-order valence-electron chi connectivity index (χ4n) is 6.44. The molecule has 4 aliphatic rings. The third kappa shape index (κ3) is 3.85. The van der Waals surface area contributed by atoms with E-state index in [2.05, 4.69) is 20.3 Å². The maximum absolute atomic E-state index is 14.8. The molecule has 3 saturated carbocycles. The molecule has 4 atom stereocenters. The molecule has 0 saturated heterocycles. The van der Waals surface area contributed by atoms with Crippen molar-refractivity contribution in [1.82, 2.24) is 15.0 Å². The molecule has 3 N–H and O–H groups in total. The molecule has 4 aliphatic carbocycles. The number of hydrogen-bond donors (Lipinski definition) is 3. The average molecular weight is 533 g/mol. The SMILES string of the molecule is CC1C(F)=c2[nH]cc(-c3nc(NC4C5CCC(CC5)C4C(=O)O)c4cccc(C(F)(F)F)c4n3)c2=CC1F. The van der Waals surface area contributed by atoms with Crippen molar-refractivity contribution in [3.8, 4) is 11.4 Å². The van der Waals surface area contributed by atoms with Gasteiger partial charge in [-0.15, -0.1) is 0 Å². The Morgan fingerprint density at radius 1 is 1.13 bits per heavy atom. The minimum Gasteiger partial charge on any atom is -0.481 e. The van der Waals surface area contributed by atoms with Crippen LogP contribution >= 0.6 is 0 Å². The Hall–Kier alpha value is -3.50. The predicted octanol–water partition coefficient (Wildman–Crippen LogP) is 4.79. The number of aromatic nitrogens is 3. The number of benzene rings is 1. The zero-order valence-electron chi connectivity index (χ0n) is 20.3. The van der Waals surface area contributed by atoms with E-state index in [-0.39, 0.29) is 50.5 Å². The molecule has 2 aromatic heterocycles. The molecule has 2 heterocycles. The number of aliphatic carboxylic acids is 1. The second-order valence-corrected chi connectivity index (χ2v) is 10.5. The zero-order valence-corrected chi connectivity index (χ0v) is 20.3. The van der Waals surface area contributed by atoms with Gasteiger partial charge in [0.1, 0.15) is 17.8 Å². The van der Waals surface area contributed by atoms with Crippen molar-refractivity contribution in [2.45, 2.75) is 51.0 Å². The van der Waals surface area contributed by atoms with E-state index < -0.39 is 47.6 Å². The van der Waals surface area contributed by atoms with Crippen LogP contribution in [0.2, 0.25) is 0 Å². The van der Waals surface area contributed by atoms with Gasteiger partial charge in [-0.3, -0.25) is 4.79 Å². The summed E-state index contributed by atoms with van der Waals surface area (Å²) in [6.45, 7) is 1.40. The van der Waals surface area contributed by atoms with Crippen molar-refractivity contribution in [1.29, 1.82) is 0 Å². The summed E-state index contributed by atoms with van der Waals surface area (Å²) >= 11 is 0. The molecule has 0 aliphatic heterocycles. The summed E-state index contributed by atoms with van der Waals surface area (Å²) in [5, 5.41) is 13.5. The van der Waals surface area contributed by atoms with Crippen LogP contribution in [-0.2, 0) is 11.0 Å². The van der Waals surface area contributed by atoms with Gasteiger partial charge in [-0.25, -0.2) is 18.7 Å². The van der Waals surface area contributed by atoms with E-state index >= 15 is 0 Å². The number of carbonyl (C=O) groups is 1. The van der Waals surface area contributed by atoms with Crippen LogP contribution in [0.25, 0.3) is 34.2 Å². The molecule has 3 aromatic rings. The van der Waals surface area contributed by atoms with Gasteiger partial charge in [0.05, 0.1) is 22.3 Å². The molecule has 4 unspecified atom stereocenters. The average Bonchev–Trinajstić information content (AvgIpc) is 3.30. The van der Waals surface area contributed by atoms with E-state index in [0.717, 1.165) is 31.7 Å². The molecular weight excluding hydrogens is 507 g/mol. The topological polar surface area (TPSA) is 90.9 Å². The summed E-state index contributed by atoms with van der Waals surface area (Å²) in [4.78, 5) is 23.7. The van der Waals surface area contributed by atoms with Crippen LogP contribution in [0.15, 0.2) is 24.4 Å². The van der Waals surface area contributed by atoms with Gasteiger partial charge in [-0.1, -0.05) is 13.0 Å². The molecule has 38 heavy (non-hydrogen) atoms. The van der Waals surface area contributed by atoms with Gasteiger partial charge in [0.25, 0.3) is 0 Å². The molecule has 11 heteroatoms. The fourth-order valence-corrected chi connectivity index (χ4v) is 6.44. The smallest absolute Gasteiger partial charge is 0.418 e. The van der Waals surface area contributed by atoms with E-state index in [1.165, 1.54) is 31.3 Å². The van der Waals surface area contributed by atoms with Gasteiger partial charge in [0.15, 0.2) is 5.82 Å². The lowest BCUT2D eigenvalue weighted by Gasteiger charge is -2.47. The van der Waals surface area contributed by atoms with Crippen LogP contribution in [0.3, 0.4) is 0 Å². The van der Waals surface area contributed by atoms with Crippen molar-refractivity contribution < 1.29 is 31.9 Å². The number of halogens is 5. The molecule has 1 aromatic carbocycles. The van der Waals surface area contributed by atoms with Gasteiger partial charge < -0.3 is 15.4 Å². The highest BCUT2D eigenvalue weighted by molar-refractivity contribution is 5.93. The number of rotatable bonds is 4. The van der Waals surface area contributed by atoms with E-state index in [4.69, 9.17) is 0 Å². The molecule has 2 bridgehead atoms. The second-order valence-electron chi connectivity index (χ2n) is 10.5. The van der Waals surface area contributed by atoms with Gasteiger partial charge >= 0.3 is 12.1 Å². The monoisotopic (exact) mass is 532 g/mol. The Morgan fingerprint density at radius 3 is 2.53 bits per heavy atom. The Balaban J connectivity index is 1.57. The predicted molar refractivity (Wildman–Crippen MR) is 131 cm³/mol. The minimum absolute atomic E-state index is 0.0263. The van der Waals surface area contributed by atoms with E-state index in [1.807, 2.05) is 0 Å². The molecule has 200 valence electrons. The third-order valence-electron chi connectivity index (χ3n) is 8.44. The lowest BCUT2D eigenvalue weighted by molar-refractivity contribution is -0.148. The number of hydrogen-bond acceptors (Lipinski definition) is 4. The van der Waals surface area contributed by atoms with E-state index in [1.54, 1.807) is 0 Å². The molecule has 3 fully saturated rings. The first-order valence-electron chi connectivity index (χ1n) is 12.6. The van der Waals surface area contributed by atoms with Gasteiger partial charge in [0, 0.05) is 34.3 Å². The van der Waals surface area contributed by atoms with Crippen LogP contribution < -0.4 is 15.9 Å². The Bertz CT molecular complexity index is 1560. The fraction of sp³-hybridized carbons (Fsp3) is 0.444. The molecule has 0 amide bonds. The van der Waals surface area contributed by atoms with Crippen LogP contribution in [-0.4, -0.2) is 38.2 Å². The Labute approximate surface area is 213 Å². The number of para-hydroxylation sites is 1. The highest BCUT2D eigenvalue weighted by Crippen LogP contribution is 2.47. The lowest BCUT2D eigenvalue weighted by Crippen LogP contribution is -2.51. The standard InChI is InChI=1S/C27H25F5N4O2/c1-11-18(28)9-15-16(10-33-23(15)20(11)29)25-35-22-14(3-2-4-17(22)27(30,31)32)24(36-25)34-21-13-7-5-12(6-8-13)19(21)26(37)38/h2-4,9-13,18-19,21,33H,5-8H2,1H3,(H,37,38)(H,34,35,36). The number of nitrogens with zero attached hydrogens (tertiary/aromatic N) is 2. The first-order valence-corrected chi connectivity index (χ1v) is 12.6. The van der Waals surface area contributed by atoms with Crippen molar-refractivity contribution in [3.63, 3.8) is 0 Å². The summed E-state index contributed by atoms with van der Waals surface area (Å²) in [5.41, 5.74) is -1.20. The lowest BCUT2D eigenvalue weighted by atomic mass is 9.61. The maximum atomic E-state index is 14.8. The molecule has 7 rings (SSSR count). The zero-order chi connectivity index (χ0) is 26.9. The van der Waals surface area contributed by atoms with Gasteiger partial charge in [-0.2, -0.15) is 13.2 Å². The van der Waals surface area contributed by atoms with Crippen molar-refractivity contribution in [3.05, 3.63) is 40.5 Å². The summed E-state index contributed by atoms with van der Waals surface area (Å²) in [7, 11) is 0. The number of aromatic amines is 1. The van der Waals surface area contributed by atoms with E-state index in [9.17, 15) is 31.9 Å². The summed E-state index contributed by atoms with van der Waals surface area (Å²) in [5.74, 6) is -3.42. The van der Waals surface area contributed by atoms with Crippen LogP contribution in [0, 0.1) is 23.7 Å². The molecular formula is C27H25F5N4O2. The minimum atomic E-state index is -4.72. The number of fused-ring (bicyclic) bond motifs is 5. The number of carboxylic acid groups (broad SMARTS) is 1. The van der Waals surface area contributed by atoms with Gasteiger partial charge in [0.2, 0.25) is 0 Å². The highest BCUT2D eigenvalue weighted by Gasteiger charge is 2.47. The largest absolute Gasteiger partial charge is 0.481 e. The maximum Gasteiger partial charge on any atom is 0.418 e. The quantitative estimate of drug-likeness (QED) is 0.421. The Morgan fingerprint density at radius 2 is 1.84 bits per heavy atom. The second kappa shape index (κ2) is 8.78. The van der Waals surface area contributed by atoms with E-state index in [0.29, 0.717) is 0 Å². The summed E-state index contributed by atoms with van der Waals surface area (Å²) < 4.78 is 71.4. The number of nitrogens with one attached hydrogen (secondary N) is 2. The van der Waals surface area contributed by atoms with Crippen molar-refractivity contribution >= 4 is 34.6 Å². The number of anilines is 1. The summed E-state index contributed by atoms with van der Waals surface area (Å²) in [6, 6.07) is 3.11. The first-order chi connectivity index (χ1) is 18.0. The van der Waals surface area contributed by atoms with Gasteiger partial charge in [-0.05, 0) is 55.7 Å². The molecule has 6 nitrogen and oxygen atoms in total. The molecule has 0 spiro atoms. The normalized spacial score (nSPS) is 28.7. The number of carboxylic acids is 1. The Kier molecular flexibility index (Phi) is 5.73.